The van der Waals surface area contributed by atoms with Gasteiger partial charge >= 0.3 is 6.03 Å². The van der Waals surface area contributed by atoms with Gasteiger partial charge in [-0.25, -0.2) is 4.79 Å². The fraction of sp³-hybridized carbons (Fsp3) is 0.105. The number of aromatic hydroxyl groups is 1. The first-order chi connectivity index (χ1) is 13.0. The van der Waals surface area contributed by atoms with Crippen molar-refractivity contribution in [3.05, 3.63) is 88.4 Å². The van der Waals surface area contributed by atoms with Crippen LogP contribution in [0.1, 0.15) is 11.3 Å². The highest BCUT2D eigenvalue weighted by molar-refractivity contribution is 5.89. The zero-order valence-corrected chi connectivity index (χ0v) is 14.2. The summed E-state index contributed by atoms with van der Waals surface area (Å²) in [6.07, 6.45) is 1.52. The van der Waals surface area contributed by atoms with Crippen LogP contribution in [0.4, 0.5) is 16.2 Å². The molecule has 3 aromatic rings. The number of phenolic OH excluding ortho intramolecular Hbond substituents is 1. The lowest BCUT2D eigenvalue weighted by molar-refractivity contribution is -0.384. The molecule has 1 heterocycles. The van der Waals surface area contributed by atoms with E-state index in [1.807, 2.05) is 0 Å². The Bertz CT molecular complexity index is 923. The number of furan rings is 1. The molecule has 8 heteroatoms. The average molecular weight is 367 g/mol. The minimum Gasteiger partial charge on any atom is -0.508 e. The maximum Gasteiger partial charge on any atom is 0.322 e. The van der Waals surface area contributed by atoms with Crippen LogP contribution < -0.4 is 5.32 Å². The summed E-state index contributed by atoms with van der Waals surface area (Å²) >= 11 is 0. The Morgan fingerprint density at radius 3 is 2.56 bits per heavy atom. The molecule has 0 saturated heterocycles. The summed E-state index contributed by atoms with van der Waals surface area (Å²) in [7, 11) is 0. The van der Waals surface area contributed by atoms with Gasteiger partial charge in [0, 0.05) is 24.4 Å². The number of urea groups is 1. The molecule has 2 aromatic carbocycles. The zero-order chi connectivity index (χ0) is 19.2. The van der Waals surface area contributed by atoms with Gasteiger partial charge < -0.3 is 19.7 Å². The molecule has 0 aliphatic carbocycles. The minimum absolute atomic E-state index is 0.107. The van der Waals surface area contributed by atoms with Crippen molar-refractivity contribution in [2.24, 2.45) is 0 Å². The quantitative estimate of drug-likeness (QED) is 0.503. The molecule has 0 saturated carbocycles. The van der Waals surface area contributed by atoms with Crippen LogP contribution in [0, 0.1) is 10.1 Å². The number of non-ortho nitro benzene ring substituents is 1. The molecule has 0 aliphatic heterocycles. The summed E-state index contributed by atoms with van der Waals surface area (Å²) in [5.74, 6) is 0.736. The predicted molar refractivity (Wildman–Crippen MR) is 98.2 cm³/mol. The highest BCUT2D eigenvalue weighted by atomic mass is 16.6. The third-order valence-corrected chi connectivity index (χ3v) is 3.83. The number of carbonyl (C=O) groups excluding carboxylic acids is 1. The molecular formula is C19H17N3O5. The summed E-state index contributed by atoms with van der Waals surface area (Å²) in [6, 6.07) is 15.3. The van der Waals surface area contributed by atoms with E-state index >= 15 is 0 Å². The molecule has 0 atom stereocenters. The standard InChI is InChI=1S/C19H17N3O5/c23-17-8-6-14(7-9-17)12-21(13-18-5-2-10-27-18)19(24)20-15-3-1-4-16(11-15)22(25)26/h1-11,23H,12-13H2,(H,20,24). The fourth-order valence-corrected chi connectivity index (χ4v) is 2.51. The lowest BCUT2D eigenvalue weighted by Crippen LogP contribution is -2.34. The fourth-order valence-electron chi connectivity index (χ4n) is 2.51. The SMILES string of the molecule is O=C(Nc1cccc([N+](=O)[O-])c1)N(Cc1ccc(O)cc1)Cc1ccco1. The molecule has 0 fully saturated rings. The summed E-state index contributed by atoms with van der Waals surface area (Å²) < 4.78 is 5.32. The van der Waals surface area contributed by atoms with Crippen LogP contribution in [0.15, 0.2) is 71.3 Å². The maximum absolute atomic E-state index is 12.7. The van der Waals surface area contributed by atoms with Crippen molar-refractivity contribution in [3.8, 4) is 5.75 Å². The maximum atomic E-state index is 12.7. The van der Waals surface area contributed by atoms with Crippen molar-refractivity contribution >= 4 is 17.4 Å². The molecular weight excluding hydrogens is 350 g/mol. The van der Waals surface area contributed by atoms with E-state index in [9.17, 15) is 20.0 Å². The highest BCUT2D eigenvalue weighted by Gasteiger charge is 2.17. The molecule has 2 amide bonds. The normalized spacial score (nSPS) is 10.4. The molecule has 0 aliphatic rings. The van der Waals surface area contributed by atoms with Crippen molar-refractivity contribution in [2.75, 3.05) is 5.32 Å². The van der Waals surface area contributed by atoms with Gasteiger partial charge in [0.25, 0.3) is 5.69 Å². The monoisotopic (exact) mass is 367 g/mol. The number of anilines is 1. The molecule has 0 spiro atoms. The first-order valence-corrected chi connectivity index (χ1v) is 8.12. The van der Waals surface area contributed by atoms with Gasteiger partial charge in [-0.15, -0.1) is 0 Å². The van der Waals surface area contributed by atoms with Gasteiger partial charge in [-0.3, -0.25) is 10.1 Å². The number of hydrogen-bond acceptors (Lipinski definition) is 5. The number of nitro benzene ring substituents is 1. The van der Waals surface area contributed by atoms with Gasteiger partial charge in [-0.05, 0) is 35.9 Å². The average Bonchev–Trinajstić information content (AvgIpc) is 3.16. The summed E-state index contributed by atoms with van der Waals surface area (Å²) in [5.41, 5.74) is 1.03. The Morgan fingerprint density at radius 1 is 1.11 bits per heavy atom. The van der Waals surface area contributed by atoms with E-state index in [2.05, 4.69) is 5.32 Å². The van der Waals surface area contributed by atoms with E-state index in [0.717, 1.165) is 5.56 Å². The predicted octanol–water partition coefficient (Wildman–Crippen LogP) is 4.13. The molecule has 1 aromatic heterocycles. The summed E-state index contributed by atoms with van der Waals surface area (Å²) in [5, 5.41) is 23.0. The first kappa shape index (κ1) is 18.0. The van der Waals surface area contributed by atoms with Crippen molar-refractivity contribution in [1.29, 1.82) is 0 Å². The second-order valence-electron chi connectivity index (χ2n) is 5.84. The Hall–Kier alpha value is -3.81. The van der Waals surface area contributed by atoms with Crippen molar-refractivity contribution in [3.63, 3.8) is 0 Å². The van der Waals surface area contributed by atoms with Crippen LogP contribution in [0.2, 0.25) is 0 Å². The number of benzene rings is 2. The molecule has 8 nitrogen and oxygen atoms in total. The second kappa shape index (κ2) is 8.05. The smallest absolute Gasteiger partial charge is 0.322 e. The minimum atomic E-state index is -0.521. The Labute approximate surface area is 154 Å². The van der Waals surface area contributed by atoms with E-state index in [0.29, 0.717) is 11.4 Å². The Balaban J connectivity index is 1.78. The molecule has 3 rings (SSSR count). The topological polar surface area (TPSA) is 109 Å². The van der Waals surface area contributed by atoms with Gasteiger partial charge in [0.1, 0.15) is 11.5 Å². The van der Waals surface area contributed by atoms with E-state index in [4.69, 9.17) is 4.42 Å². The molecule has 0 radical (unpaired) electrons. The second-order valence-corrected chi connectivity index (χ2v) is 5.84. The van der Waals surface area contributed by atoms with Gasteiger partial charge in [0.15, 0.2) is 0 Å². The van der Waals surface area contributed by atoms with Crippen LogP contribution in [0.25, 0.3) is 0 Å². The van der Waals surface area contributed by atoms with Crippen molar-refractivity contribution in [2.45, 2.75) is 13.1 Å². The number of nitro groups is 1. The van der Waals surface area contributed by atoms with Crippen LogP contribution in [0.5, 0.6) is 5.75 Å². The van der Waals surface area contributed by atoms with Crippen molar-refractivity contribution in [1.82, 2.24) is 4.90 Å². The van der Waals surface area contributed by atoms with Gasteiger partial charge in [0.2, 0.25) is 0 Å². The molecule has 0 unspecified atom stereocenters. The van der Waals surface area contributed by atoms with Crippen molar-refractivity contribution < 1.29 is 19.2 Å². The number of hydrogen-bond donors (Lipinski definition) is 2. The molecule has 27 heavy (non-hydrogen) atoms. The van der Waals surface area contributed by atoms with E-state index in [1.165, 1.54) is 29.4 Å². The van der Waals surface area contributed by atoms with Crippen LogP contribution in [0.3, 0.4) is 0 Å². The Morgan fingerprint density at radius 2 is 1.89 bits per heavy atom. The Kier molecular flexibility index (Phi) is 5.36. The van der Waals surface area contributed by atoms with Gasteiger partial charge in [-0.1, -0.05) is 18.2 Å². The van der Waals surface area contributed by atoms with E-state index < -0.39 is 11.0 Å². The molecule has 2 N–H and O–H groups in total. The van der Waals surface area contributed by atoms with Crippen LogP contribution >= 0.6 is 0 Å². The first-order valence-electron chi connectivity index (χ1n) is 8.12. The highest BCUT2D eigenvalue weighted by Crippen LogP contribution is 2.19. The van der Waals surface area contributed by atoms with E-state index in [-0.39, 0.29) is 24.5 Å². The lowest BCUT2D eigenvalue weighted by atomic mass is 10.2. The number of rotatable bonds is 6. The van der Waals surface area contributed by atoms with Gasteiger partial charge in [0.05, 0.1) is 17.7 Å². The lowest BCUT2D eigenvalue weighted by Gasteiger charge is -2.22. The van der Waals surface area contributed by atoms with Crippen LogP contribution in [-0.4, -0.2) is 21.0 Å². The number of nitrogens with zero attached hydrogens (tertiary/aromatic N) is 2. The third-order valence-electron chi connectivity index (χ3n) is 3.83. The van der Waals surface area contributed by atoms with E-state index in [1.54, 1.807) is 42.5 Å². The van der Waals surface area contributed by atoms with Crippen LogP contribution in [-0.2, 0) is 13.1 Å². The third kappa shape index (κ3) is 4.85. The molecule has 0 bridgehead atoms. The number of phenols is 1. The largest absolute Gasteiger partial charge is 0.508 e. The number of nitrogens with one attached hydrogen (secondary N) is 1. The summed E-state index contributed by atoms with van der Waals surface area (Å²) in [6.45, 7) is 0.483. The summed E-state index contributed by atoms with van der Waals surface area (Å²) in [4.78, 5) is 24.6. The number of carbonyl (C=O) groups is 1. The molecule has 138 valence electrons. The zero-order valence-electron chi connectivity index (χ0n) is 14.2. The van der Waals surface area contributed by atoms with Gasteiger partial charge in [-0.2, -0.15) is 0 Å². The number of amides is 2.